The molecule has 8 nitrogen and oxygen atoms in total. The summed E-state index contributed by atoms with van der Waals surface area (Å²) < 4.78 is 16.9. The minimum atomic E-state index is 0.552. The highest BCUT2D eigenvalue weighted by molar-refractivity contribution is 5.86. The largest absolute Gasteiger partial charge is 0.477 e. The zero-order chi connectivity index (χ0) is 19.5. The van der Waals surface area contributed by atoms with Crippen LogP contribution in [-0.2, 0) is 4.74 Å². The maximum Gasteiger partial charge on any atom is 0.224 e. The molecule has 0 atom stereocenters. The minimum Gasteiger partial charge on any atom is -0.477 e. The van der Waals surface area contributed by atoms with Crippen molar-refractivity contribution in [2.45, 2.75) is 19.8 Å². The van der Waals surface area contributed by atoms with E-state index in [4.69, 9.17) is 13.9 Å². The van der Waals surface area contributed by atoms with Crippen LogP contribution in [0.15, 0.2) is 22.7 Å². The molecular formula is C20H25N5O3. The zero-order valence-electron chi connectivity index (χ0n) is 16.4. The lowest BCUT2D eigenvalue weighted by molar-refractivity contribution is 0.210. The summed E-state index contributed by atoms with van der Waals surface area (Å²) in [5, 5.41) is 7.24. The second-order valence-corrected chi connectivity index (χ2v) is 6.95. The number of furan rings is 1. The molecular weight excluding hydrogens is 358 g/mol. The number of hydrogen-bond donors (Lipinski definition) is 2. The number of methoxy groups -OCH3 is 1. The molecule has 1 aliphatic rings. The highest BCUT2D eigenvalue weighted by Crippen LogP contribution is 2.35. The van der Waals surface area contributed by atoms with Crippen LogP contribution in [0.2, 0.25) is 0 Å². The van der Waals surface area contributed by atoms with Crippen molar-refractivity contribution < 1.29 is 13.9 Å². The second kappa shape index (κ2) is 8.02. The van der Waals surface area contributed by atoms with Crippen LogP contribution in [0.4, 0.5) is 11.8 Å². The minimum absolute atomic E-state index is 0.552. The molecule has 0 saturated heterocycles. The average Bonchev–Trinajstić information content (AvgIpc) is 3.43. The molecule has 4 rings (SSSR count). The molecule has 3 aromatic rings. The first-order chi connectivity index (χ1) is 13.7. The maximum absolute atomic E-state index is 6.03. The topological polar surface area (TPSA) is 94.3 Å². The van der Waals surface area contributed by atoms with Crippen molar-refractivity contribution in [3.63, 3.8) is 0 Å². The van der Waals surface area contributed by atoms with Gasteiger partial charge >= 0.3 is 0 Å². The second-order valence-electron chi connectivity index (χ2n) is 6.95. The van der Waals surface area contributed by atoms with Gasteiger partial charge in [-0.05, 0) is 31.7 Å². The lowest BCUT2D eigenvalue weighted by atomic mass is 10.1. The van der Waals surface area contributed by atoms with Crippen LogP contribution >= 0.6 is 0 Å². The summed E-state index contributed by atoms with van der Waals surface area (Å²) in [4.78, 5) is 13.5. The molecule has 3 heterocycles. The number of aromatic nitrogens is 3. The van der Waals surface area contributed by atoms with Crippen LogP contribution < -0.4 is 15.4 Å². The van der Waals surface area contributed by atoms with Gasteiger partial charge in [0.15, 0.2) is 5.58 Å². The third kappa shape index (κ3) is 4.01. The predicted molar refractivity (Wildman–Crippen MR) is 108 cm³/mol. The van der Waals surface area contributed by atoms with Gasteiger partial charge in [0.25, 0.3) is 0 Å². The molecule has 28 heavy (non-hydrogen) atoms. The Bertz CT molecular complexity index is 968. The van der Waals surface area contributed by atoms with E-state index in [0.717, 1.165) is 23.3 Å². The van der Waals surface area contributed by atoms with E-state index >= 15 is 0 Å². The van der Waals surface area contributed by atoms with E-state index < -0.39 is 0 Å². The molecule has 1 fully saturated rings. The first-order valence-corrected chi connectivity index (χ1v) is 9.50. The number of anilines is 2. The number of rotatable bonds is 9. The Balaban J connectivity index is 1.62. The van der Waals surface area contributed by atoms with Crippen molar-refractivity contribution in [1.29, 1.82) is 0 Å². The average molecular weight is 383 g/mol. The van der Waals surface area contributed by atoms with E-state index in [1.807, 2.05) is 26.1 Å². The van der Waals surface area contributed by atoms with Gasteiger partial charge in [-0.2, -0.15) is 4.98 Å². The molecule has 0 amide bonds. The van der Waals surface area contributed by atoms with Crippen LogP contribution in [0, 0.1) is 12.8 Å². The van der Waals surface area contributed by atoms with Crippen LogP contribution in [0.5, 0.6) is 5.88 Å². The fourth-order valence-corrected chi connectivity index (χ4v) is 3.01. The maximum atomic E-state index is 6.03. The van der Waals surface area contributed by atoms with E-state index in [1.54, 1.807) is 13.3 Å². The normalized spacial score (nSPS) is 13.7. The van der Waals surface area contributed by atoms with E-state index in [0.29, 0.717) is 48.1 Å². The Morgan fingerprint density at radius 2 is 2.11 bits per heavy atom. The summed E-state index contributed by atoms with van der Waals surface area (Å²) in [6.45, 7) is 3.89. The summed E-state index contributed by atoms with van der Waals surface area (Å²) in [5.74, 6) is 3.26. The smallest absolute Gasteiger partial charge is 0.224 e. The molecule has 2 N–H and O–H groups in total. The molecule has 0 unspecified atom stereocenters. The van der Waals surface area contributed by atoms with Gasteiger partial charge in [0.05, 0.1) is 30.7 Å². The number of pyridine rings is 1. The lowest BCUT2D eigenvalue weighted by Gasteiger charge is -2.12. The van der Waals surface area contributed by atoms with Gasteiger partial charge in [0.1, 0.15) is 11.6 Å². The van der Waals surface area contributed by atoms with Crippen LogP contribution in [0.1, 0.15) is 18.5 Å². The van der Waals surface area contributed by atoms with Gasteiger partial charge in [0, 0.05) is 32.2 Å². The van der Waals surface area contributed by atoms with Crippen molar-refractivity contribution in [3.8, 4) is 17.2 Å². The Morgan fingerprint density at radius 3 is 2.86 bits per heavy atom. The summed E-state index contributed by atoms with van der Waals surface area (Å²) in [5.41, 5.74) is 2.35. The lowest BCUT2D eigenvalue weighted by Crippen LogP contribution is -2.12. The van der Waals surface area contributed by atoms with Gasteiger partial charge in [-0.1, -0.05) is 0 Å². The molecule has 0 spiro atoms. The van der Waals surface area contributed by atoms with Crippen molar-refractivity contribution in [3.05, 3.63) is 24.0 Å². The standard InChI is InChI=1S/C20H25N5O3/c1-12-18(19(21-2)25-20(24-12)22-6-7-26-3)15-8-14-9-17(23-10-16(14)28-15)27-11-13-4-5-13/h8-10,13H,4-7,11H2,1-3H3,(H2,21,22,24,25). The molecule has 148 valence electrons. The van der Waals surface area contributed by atoms with Crippen molar-refractivity contribution in [2.24, 2.45) is 5.92 Å². The van der Waals surface area contributed by atoms with Crippen LogP contribution in [-0.4, -0.2) is 48.9 Å². The summed E-state index contributed by atoms with van der Waals surface area (Å²) in [6, 6.07) is 3.90. The highest BCUT2D eigenvalue weighted by atomic mass is 16.5. The van der Waals surface area contributed by atoms with E-state index in [2.05, 4.69) is 25.6 Å². The molecule has 3 aromatic heterocycles. The van der Waals surface area contributed by atoms with Crippen LogP contribution in [0.25, 0.3) is 22.3 Å². The molecule has 1 aliphatic carbocycles. The molecule has 0 bridgehead atoms. The van der Waals surface area contributed by atoms with Gasteiger partial charge in [0.2, 0.25) is 11.8 Å². The van der Waals surface area contributed by atoms with Gasteiger partial charge in [-0.15, -0.1) is 0 Å². The number of nitrogens with zero attached hydrogens (tertiary/aromatic N) is 3. The van der Waals surface area contributed by atoms with Gasteiger partial charge in [-0.25, -0.2) is 9.97 Å². The van der Waals surface area contributed by atoms with E-state index in [-0.39, 0.29) is 0 Å². The Morgan fingerprint density at radius 1 is 1.25 bits per heavy atom. The SMILES string of the molecule is CNc1nc(NCCOC)nc(C)c1-c1cc2cc(OCC3CC3)ncc2o1. The monoisotopic (exact) mass is 383 g/mol. The highest BCUT2D eigenvalue weighted by Gasteiger charge is 2.22. The number of nitrogens with one attached hydrogen (secondary N) is 2. The Hall–Kier alpha value is -2.87. The molecule has 8 heteroatoms. The zero-order valence-corrected chi connectivity index (χ0v) is 16.4. The third-order valence-corrected chi connectivity index (χ3v) is 4.71. The summed E-state index contributed by atoms with van der Waals surface area (Å²) in [7, 11) is 3.49. The molecule has 1 saturated carbocycles. The van der Waals surface area contributed by atoms with Gasteiger partial charge < -0.3 is 24.5 Å². The summed E-state index contributed by atoms with van der Waals surface area (Å²) >= 11 is 0. The third-order valence-electron chi connectivity index (χ3n) is 4.71. The first kappa shape index (κ1) is 18.5. The number of fused-ring (bicyclic) bond motifs is 1. The number of ether oxygens (including phenoxy) is 2. The quantitative estimate of drug-likeness (QED) is 0.542. The predicted octanol–water partition coefficient (Wildman–Crippen LogP) is 3.48. The van der Waals surface area contributed by atoms with E-state index in [9.17, 15) is 0 Å². The summed E-state index contributed by atoms with van der Waals surface area (Å²) in [6.07, 6.45) is 4.21. The Labute approximate surface area is 163 Å². The first-order valence-electron chi connectivity index (χ1n) is 9.50. The molecule has 0 aliphatic heterocycles. The van der Waals surface area contributed by atoms with Crippen molar-refractivity contribution >= 4 is 22.7 Å². The van der Waals surface area contributed by atoms with Crippen molar-refractivity contribution in [1.82, 2.24) is 15.0 Å². The number of aryl methyl sites for hydroxylation is 1. The van der Waals surface area contributed by atoms with Gasteiger partial charge in [-0.3, -0.25) is 0 Å². The fourth-order valence-electron chi connectivity index (χ4n) is 3.01. The van der Waals surface area contributed by atoms with Crippen LogP contribution in [0.3, 0.4) is 0 Å². The molecule has 0 aromatic carbocycles. The fraction of sp³-hybridized carbons (Fsp3) is 0.450. The van der Waals surface area contributed by atoms with E-state index in [1.165, 1.54) is 12.8 Å². The molecule has 0 radical (unpaired) electrons. The number of hydrogen-bond acceptors (Lipinski definition) is 8. The van der Waals surface area contributed by atoms with Crippen molar-refractivity contribution in [2.75, 3.05) is 44.5 Å². The Kier molecular flexibility index (Phi) is 5.29.